The standard InChI is InChI=1S/C24H33F3N4O3Si/c1-35(2,3)11-10-34-16-29-9-8-19-21-20(12-28-22(19)29)23(33)30(14-24(25,26)27)15-31(21)18-6-4-17(13-32)5-7-18/h8-9,12-13,17-18H,4-7,10-11,14-16H2,1-3H3. The predicted molar refractivity (Wildman–Crippen MR) is 130 cm³/mol. The van der Waals surface area contributed by atoms with Crippen LogP contribution in [0.1, 0.15) is 36.0 Å². The number of hydrogen-bond donors (Lipinski definition) is 0. The van der Waals surface area contributed by atoms with E-state index < -0.39 is 26.7 Å². The zero-order chi connectivity index (χ0) is 25.4. The van der Waals surface area contributed by atoms with E-state index in [0.717, 1.165) is 22.6 Å². The van der Waals surface area contributed by atoms with E-state index in [1.165, 1.54) is 6.20 Å². The average molecular weight is 511 g/mol. The second-order valence-corrected chi connectivity index (χ2v) is 16.4. The number of aldehydes is 1. The van der Waals surface area contributed by atoms with E-state index in [9.17, 15) is 22.8 Å². The molecule has 0 radical (unpaired) electrons. The van der Waals surface area contributed by atoms with Gasteiger partial charge in [-0.2, -0.15) is 13.2 Å². The van der Waals surface area contributed by atoms with Crippen LogP contribution in [0.4, 0.5) is 18.9 Å². The number of anilines is 1. The van der Waals surface area contributed by atoms with Gasteiger partial charge >= 0.3 is 6.18 Å². The molecule has 2 aliphatic rings. The highest BCUT2D eigenvalue weighted by atomic mass is 28.3. The first-order valence-electron chi connectivity index (χ1n) is 12.1. The summed E-state index contributed by atoms with van der Waals surface area (Å²) in [5.74, 6) is -0.682. The van der Waals surface area contributed by atoms with Gasteiger partial charge in [-0.25, -0.2) is 4.98 Å². The van der Waals surface area contributed by atoms with E-state index in [-0.39, 0.29) is 24.2 Å². The Labute approximate surface area is 204 Å². The molecule has 11 heteroatoms. The molecule has 1 saturated carbocycles. The summed E-state index contributed by atoms with van der Waals surface area (Å²) < 4.78 is 47.5. The molecule has 1 fully saturated rings. The maximum Gasteiger partial charge on any atom is 0.406 e. The number of hydrogen-bond acceptors (Lipinski definition) is 5. The molecule has 4 rings (SSSR count). The van der Waals surface area contributed by atoms with Crippen molar-refractivity contribution in [3.8, 4) is 0 Å². The van der Waals surface area contributed by atoms with Crippen LogP contribution in [-0.2, 0) is 16.3 Å². The number of fused-ring (bicyclic) bond motifs is 3. The number of nitrogens with zero attached hydrogens (tertiary/aromatic N) is 4. The van der Waals surface area contributed by atoms with Gasteiger partial charge in [0.15, 0.2) is 0 Å². The zero-order valence-corrected chi connectivity index (χ0v) is 21.5. The molecule has 1 amide bonds. The fourth-order valence-corrected chi connectivity index (χ4v) is 5.67. The topological polar surface area (TPSA) is 67.7 Å². The summed E-state index contributed by atoms with van der Waals surface area (Å²) in [5.41, 5.74) is 1.46. The van der Waals surface area contributed by atoms with E-state index in [4.69, 9.17) is 4.74 Å². The minimum Gasteiger partial charge on any atom is -0.361 e. The zero-order valence-electron chi connectivity index (χ0n) is 20.5. The molecule has 7 nitrogen and oxygen atoms in total. The van der Waals surface area contributed by atoms with Crippen LogP contribution in [0.15, 0.2) is 18.5 Å². The van der Waals surface area contributed by atoms with Gasteiger partial charge < -0.3 is 23.9 Å². The lowest BCUT2D eigenvalue weighted by molar-refractivity contribution is -0.141. The highest BCUT2D eigenvalue weighted by Crippen LogP contribution is 2.39. The van der Waals surface area contributed by atoms with Crippen molar-refractivity contribution in [1.29, 1.82) is 0 Å². The molecule has 1 aliphatic carbocycles. The molecule has 3 heterocycles. The number of carbonyl (C=O) groups excluding carboxylic acids is 2. The summed E-state index contributed by atoms with van der Waals surface area (Å²) in [6.07, 6.45) is 2.45. The molecule has 0 spiro atoms. The van der Waals surface area contributed by atoms with Crippen molar-refractivity contribution in [1.82, 2.24) is 14.5 Å². The highest BCUT2D eigenvalue weighted by Gasteiger charge is 2.41. The van der Waals surface area contributed by atoms with Gasteiger partial charge in [0.1, 0.15) is 25.2 Å². The Bertz CT molecular complexity index is 1070. The minimum absolute atomic E-state index is 0.0183. The smallest absolute Gasteiger partial charge is 0.361 e. The Hall–Kier alpha value is -2.40. The lowest BCUT2D eigenvalue weighted by Gasteiger charge is -2.44. The summed E-state index contributed by atoms with van der Waals surface area (Å²) in [6.45, 7) is 6.37. The van der Waals surface area contributed by atoms with Crippen LogP contribution in [-0.4, -0.2) is 66.8 Å². The fourth-order valence-electron chi connectivity index (χ4n) is 4.91. The Morgan fingerprint density at radius 3 is 2.54 bits per heavy atom. The number of rotatable bonds is 8. The second-order valence-electron chi connectivity index (χ2n) is 10.8. The molecule has 35 heavy (non-hydrogen) atoms. The largest absolute Gasteiger partial charge is 0.406 e. The van der Waals surface area contributed by atoms with Gasteiger partial charge in [0.25, 0.3) is 5.91 Å². The molecule has 0 bridgehead atoms. The molecular formula is C24H33F3N4O3Si. The second kappa shape index (κ2) is 9.92. The summed E-state index contributed by atoms with van der Waals surface area (Å²) in [7, 11) is -1.22. The molecular weight excluding hydrogens is 477 g/mol. The van der Waals surface area contributed by atoms with Gasteiger partial charge in [0, 0.05) is 44.4 Å². The molecule has 2 aromatic heterocycles. The summed E-state index contributed by atoms with van der Waals surface area (Å²) in [5, 5.41) is 0.730. The van der Waals surface area contributed by atoms with E-state index in [2.05, 4.69) is 24.6 Å². The van der Waals surface area contributed by atoms with Crippen LogP contribution in [0.2, 0.25) is 25.7 Å². The Morgan fingerprint density at radius 1 is 1.20 bits per heavy atom. The van der Waals surface area contributed by atoms with Gasteiger partial charge in [0.2, 0.25) is 0 Å². The van der Waals surface area contributed by atoms with E-state index in [0.29, 0.717) is 50.4 Å². The number of carbonyl (C=O) groups is 2. The number of pyridine rings is 1. The molecule has 0 saturated heterocycles. The van der Waals surface area contributed by atoms with Crippen LogP contribution >= 0.6 is 0 Å². The van der Waals surface area contributed by atoms with Crippen LogP contribution in [0.25, 0.3) is 11.0 Å². The van der Waals surface area contributed by atoms with Crippen molar-refractivity contribution in [3.63, 3.8) is 0 Å². The third-order valence-corrected chi connectivity index (χ3v) is 8.56. The first-order chi connectivity index (χ1) is 16.5. The monoisotopic (exact) mass is 510 g/mol. The SMILES string of the molecule is C[Si](C)(C)CCOCn1ccc2c3c(cnc21)C(=O)N(CC(F)(F)F)CN3C1CCC(C=O)CC1. The summed E-state index contributed by atoms with van der Waals surface area (Å²) >= 11 is 0. The van der Waals surface area contributed by atoms with Gasteiger partial charge in [0.05, 0.1) is 17.9 Å². The Kier molecular flexibility index (Phi) is 7.28. The van der Waals surface area contributed by atoms with Gasteiger partial charge in [-0.1, -0.05) is 19.6 Å². The lowest BCUT2D eigenvalue weighted by atomic mass is 9.85. The number of ether oxygens (including phenoxy) is 1. The third-order valence-electron chi connectivity index (χ3n) is 6.86. The van der Waals surface area contributed by atoms with Crippen molar-refractivity contribution < 1.29 is 27.5 Å². The van der Waals surface area contributed by atoms with Gasteiger partial charge in [-0.15, -0.1) is 0 Å². The minimum atomic E-state index is -4.50. The van der Waals surface area contributed by atoms with Crippen molar-refractivity contribution in [2.45, 2.75) is 70.3 Å². The lowest BCUT2D eigenvalue weighted by Crippen LogP contribution is -2.54. The van der Waals surface area contributed by atoms with Crippen LogP contribution in [0, 0.1) is 5.92 Å². The first-order valence-corrected chi connectivity index (χ1v) is 15.8. The van der Waals surface area contributed by atoms with Gasteiger partial charge in [-0.05, 0) is 37.8 Å². The number of halogens is 3. The maximum atomic E-state index is 13.3. The van der Waals surface area contributed by atoms with Crippen molar-refractivity contribution >= 4 is 37.0 Å². The van der Waals surface area contributed by atoms with E-state index in [1.807, 2.05) is 21.7 Å². The molecule has 0 N–H and O–H groups in total. The number of alkyl halides is 3. The quantitative estimate of drug-likeness (QED) is 0.287. The molecule has 1 aliphatic heterocycles. The third kappa shape index (κ3) is 5.88. The predicted octanol–water partition coefficient (Wildman–Crippen LogP) is 4.89. The van der Waals surface area contributed by atoms with Crippen LogP contribution < -0.4 is 4.90 Å². The van der Waals surface area contributed by atoms with Crippen molar-refractivity contribution in [2.75, 3.05) is 24.7 Å². The Balaban J connectivity index is 1.66. The molecule has 0 aromatic carbocycles. The van der Waals surface area contributed by atoms with E-state index >= 15 is 0 Å². The highest BCUT2D eigenvalue weighted by molar-refractivity contribution is 6.76. The molecule has 192 valence electrons. The summed E-state index contributed by atoms with van der Waals surface area (Å²) in [6, 6.07) is 2.84. The van der Waals surface area contributed by atoms with Crippen molar-refractivity contribution in [2.24, 2.45) is 5.92 Å². The fraction of sp³-hybridized carbons (Fsp3) is 0.625. The molecule has 0 unspecified atom stereocenters. The molecule has 0 atom stereocenters. The van der Waals surface area contributed by atoms with E-state index in [1.54, 1.807) is 0 Å². The summed E-state index contributed by atoms with van der Waals surface area (Å²) in [4.78, 5) is 31.5. The Morgan fingerprint density at radius 2 is 1.91 bits per heavy atom. The van der Waals surface area contributed by atoms with Crippen LogP contribution in [0.5, 0.6) is 0 Å². The normalized spacial score (nSPS) is 21.5. The number of aromatic nitrogens is 2. The van der Waals surface area contributed by atoms with Crippen molar-refractivity contribution in [3.05, 3.63) is 24.0 Å². The average Bonchev–Trinajstić information content (AvgIpc) is 3.20. The molecule has 2 aromatic rings. The maximum absolute atomic E-state index is 13.3. The van der Waals surface area contributed by atoms with Crippen LogP contribution in [0.3, 0.4) is 0 Å². The first kappa shape index (κ1) is 25.7. The number of amides is 1. The van der Waals surface area contributed by atoms with Gasteiger partial charge in [-0.3, -0.25) is 4.79 Å².